The van der Waals surface area contributed by atoms with Gasteiger partial charge < -0.3 is 0 Å². The van der Waals surface area contributed by atoms with Gasteiger partial charge in [0.1, 0.15) is 0 Å². The van der Waals surface area contributed by atoms with Gasteiger partial charge in [0, 0.05) is 13.0 Å². The van der Waals surface area contributed by atoms with Crippen molar-refractivity contribution in [2.75, 3.05) is 13.2 Å². The third-order valence-electron chi connectivity index (χ3n) is 2.20. The van der Waals surface area contributed by atoms with E-state index < -0.39 is 12.8 Å². The SMILES string of the molecule is N#CCC1(CNOCC(F)(F)F)CC1. The van der Waals surface area contributed by atoms with E-state index in [1.54, 1.807) is 0 Å². The number of hydrogen-bond acceptors (Lipinski definition) is 3. The molecule has 14 heavy (non-hydrogen) atoms. The van der Waals surface area contributed by atoms with Crippen LogP contribution in [-0.4, -0.2) is 19.3 Å². The minimum absolute atomic E-state index is 0.139. The van der Waals surface area contributed by atoms with Crippen LogP contribution in [0.5, 0.6) is 0 Å². The van der Waals surface area contributed by atoms with E-state index in [1.165, 1.54) is 0 Å². The molecule has 0 spiro atoms. The van der Waals surface area contributed by atoms with E-state index in [2.05, 4.69) is 10.3 Å². The molecule has 0 unspecified atom stereocenters. The highest BCUT2D eigenvalue weighted by molar-refractivity contribution is 5.00. The van der Waals surface area contributed by atoms with Crippen molar-refractivity contribution in [2.45, 2.75) is 25.4 Å². The van der Waals surface area contributed by atoms with E-state index in [0.717, 1.165) is 12.8 Å². The van der Waals surface area contributed by atoms with E-state index in [0.29, 0.717) is 13.0 Å². The van der Waals surface area contributed by atoms with Gasteiger partial charge in [-0.25, -0.2) is 5.48 Å². The zero-order valence-corrected chi connectivity index (χ0v) is 7.52. The van der Waals surface area contributed by atoms with Crippen LogP contribution in [-0.2, 0) is 4.84 Å². The van der Waals surface area contributed by atoms with Crippen molar-refractivity contribution in [3.63, 3.8) is 0 Å². The van der Waals surface area contributed by atoms with Gasteiger partial charge >= 0.3 is 6.18 Å². The first-order valence-corrected chi connectivity index (χ1v) is 4.26. The Kier molecular flexibility index (Phi) is 3.34. The predicted octanol–water partition coefficient (Wildman–Crippen LogP) is 1.76. The van der Waals surface area contributed by atoms with Crippen molar-refractivity contribution in [1.82, 2.24) is 5.48 Å². The fourth-order valence-corrected chi connectivity index (χ4v) is 1.10. The van der Waals surface area contributed by atoms with E-state index in [9.17, 15) is 13.2 Å². The molecule has 80 valence electrons. The average Bonchev–Trinajstić information content (AvgIpc) is 2.79. The number of halogens is 3. The van der Waals surface area contributed by atoms with Crippen LogP contribution in [0.2, 0.25) is 0 Å². The molecule has 1 rings (SSSR count). The van der Waals surface area contributed by atoms with Gasteiger partial charge in [0.2, 0.25) is 0 Å². The average molecular weight is 208 g/mol. The topological polar surface area (TPSA) is 45.0 Å². The number of alkyl halides is 3. The molecule has 0 aliphatic heterocycles. The maximum absolute atomic E-state index is 11.6. The predicted molar refractivity (Wildman–Crippen MR) is 41.9 cm³/mol. The molecular weight excluding hydrogens is 197 g/mol. The number of rotatable bonds is 5. The summed E-state index contributed by atoms with van der Waals surface area (Å²) in [5, 5.41) is 8.43. The molecule has 0 saturated heterocycles. The molecule has 1 saturated carbocycles. The third-order valence-corrected chi connectivity index (χ3v) is 2.20. The lowest BCUT2D eigenvalue weighted by Gasteiger charge is -2.13. The lowest BCUT2D eigenvalue weighted by Crippen LogP contribution is -2.29. The zero-order valence-electron chi connectivity index (χ0n) is 7.52. The van der Waals surface area contributed by atoms with Gasteiger partial charge in [0.05, 0.1) is 6.07 Å². The summed E-state index contributed by atoms with van der Waals surface area (Å²) in [5.74, 6) is 0. The second-order valence-corrected chi connectivity index (χ2v) is 3.56. The summed E-state index contributed by atoms with van der Waals surface area (Å²) in [6, 6.07) is 2.01. The van der Waals surface area contributed by atoms with Crippen molar-refractivity contribution in [2.24, 2.45) is 5.41 Å². The first-order valence-electron chi connectivity index (χ1n) is 4.26. The highest BCUT2D eigenvalue weighted by Gasteiger charge is 2.42. The van der Waals surface area contributed by atoms with Crippen LogP contribution in [0.4, 0.5) is 13.2 Å². The van der Waals surface area contributed by atoms with Crippen LogP contribution in [0.15, 0.2) is 0 Å². The monoisotopic (exact) mass is 208 g/mol. The van der Waals surface area contributed by atoms with E-state index >= 15 is 0 Å². The molecule has 0 heterocycles. The molecule has 1 aliphatic rings. The Morgan fingerprint density at radius 1 is 1.43 bits per heavy atom. The number of hydroxylamine groups is 1. The lowest BCUT2D eigenvalue weighted by atomic mass is 10.0. The quantitative estimate of drug-likeness (QED) is 0.553. The van der Waals surface area contributed by atoms with Crippen molar-refractivity contribution in [3.05, 3.63) is 0 Å². The third kappa shape index (κ3) is 3.94. The summed E-state index contributed by atoms with van der Waals surface area (Å²) in [7, 11) is 0. The molecule has 0 amide bonds. The largest absolute Gasteiger partial charge is 0.413 e. The van der Waals surface area contributed by atoms with Crippen molar-refractivity contribution in [1.29, 1.82) is 5.26 Å². The first-order chi connectivity index (χ1) is 6.47. The van der Waals surface area contributed by atoms with Crippen LogP contribution < -0.4 is 5.48 Å². The second-order valence-electron chi connectivity index (χ2n) is 3.56. The molecule has 0 aromatic rings. The molecule has 1 N–H and O–H groups in total. The Hall–Kier alpha value is -0.800. The fraction of sp³-hybridized carbons (Fsp3) is 0.875. The molecule has 3 nitrogen and oxygen atoms in total. The van der Waals surface area contributed by atoms with E-state index in [1.807, 2.05) is 6.07 Å². The summed E-state index contributed by atoms with van der Waals surface area (Å²) < 4.78 is 34.9. The Balaban J connectivity index is 2.08. The van der Waals surface area contributed by atoms with Crippen molar-refractivity contribution >= 4 is 0 Å². The standard InChI is InChI=1S/C8H11F3N2O/c9-8(10,11)6-14-13-5-7(1-2-7)3-4-12/h13H,1-3,5-6H2. The first kappa shape index (κ1) is 11.3. The van der Waals surface area contributed by atoms with Gasteiger partial charge in [-0.3, -0.25) is 4.84 Å². The van der Waals surface area contributed by atoms with Gasteiger partial charge in [0.15, 0.2) is 6.61 Å². The van der Waals surface area contributed by atoms with Crippen LogP contribution in [0.25, 0.3) is 0 Å². The Morgan fingerprint density at radius 2 is 2.07 bits per heavy atom. The summed E-state index contributed by atoms with van der Waals surface area (Å²) in [6.45, 7) is -0.980. The Bertz CT molecular complexity index is 230. The molecule has 0 aromatic heterocycles. The van der Waals surface area contributed by atoms with Crippen LogP contribution in [0.3, 0.4) is 0 Å². The normalized spacial score (nSPS) is 19.0. The molecule has 0 atom stereocenters. The minimum atomic E-state index is -4.31. The molecule has 1 fully saturated rings. The summed E-state index contributed by atoms with van der Waals surface area (Å²) >= 11 is 0. The highest BCUT2D eigenvalue weighted by atomic mass is 19.4. The maximum atomic E-state index is 11.6. The molecule has 0 aromatic carbocycles. The van der Waals surface area contributed by atoms with Crippen molar-refractivity contribution < 1.29 is 18.0 Å². The maximum Gasteiger partial charge on any atom is 0.413 e. The minimum Gasteiger partial charge on any atom is -0.292 e. The van der Waals surface area contributed by atoms with Gasteiger partial charge in [0.25, 0.3) is 0 Å². The Morgan fingerprint density at radius 3 is 2.50 bits per heavy atom. The van der Waals surface area contributed by atoms with Gasteiger partial charge in [-0.05, 0) is 18.3 Å². The summed E-state index contributed by atoms with van der Waals surface area (Å²) in [6.07, 6.45) is -2.18. The van der Waals surface area contributed by atoms with Crippen LogP contribution >= 0.6 is 0 Å². The Labute approximate surface area is 79.8 Å². The van der Waals surface area contributed by atoms with Crippen LogP contribution in [0, 0.1) is 16.7 Å². The molecular formula is C8H11F3N2O. The zero-order chi connectivity index (χ0) is 10.7. The van der Waals surface area contributed by atoms with Crippen molar-refractivity contribution in [3.8, 4) is 6.07 Å². The lowest BCUT2D eigenvalue weighted by molar-refractivity contribution is -0.190. The summed E-state index contributed by atoms with van der Waals surface area (Å²) in [5.41, 5.74) is 2.12. The number of nitrogens with one attached hydrogen (secondary N) is 1. The second kappa shape index (κ2) is 4.15. The number of nitriles is 1. The molecule has 0 bridgehead atoms. The summed E-state index contributed by atoms with van der Waals surface area (Å²) in [4.78, 5) is 4.24. The van der Waals surface area contributed by atoms with E-state index in [4.69, 9.17) is 5.26 Å². The number of hydrogen-bond donors (Lipinski definition) is 1. The van der Waals surface area contributed by atoms with Gasteiger partial charge in [-0.15, -0.1) is 0 Å². The molecule has 1 aliphatic carbocycles. The number of nitrogens with zero attached hydrogens (tertiary/aromatic N) is 1. The highest BCUT2D eigenvalue weighted by Crippen LogP contribution is 2.47. The molecule has 6 heteroatoms. The van der Waals surface area contributed by atoms with Gasteiger partial charge in [-0.1, -0.05) is 0 Å². The smallest absolute Gasteiger partial charge is 0.292 e. The fourth-order valence-electron chi connectivity index (χ4n) is 1.10. The van der Waals surface area contributed by atoms with Crippen LogP contribution in [0.1, 0.15) is 19.3 Å². The molecule has 0 radical (unpaired) electrons. The van der Waals surface area contributed by atoms with Gasteiger partial charge in [-0.2, -0.15) is 18.4 Å². The van der Waals surface area contributed by atoms with E-state index in [-0.39, 0.29) is 5.41 Å².